The van der Waals surface area contributed by atoms with E-state index in [9.17, 15) is 9.90 Å². The van der Waals surface area contributed by atoms with Gasteiger partial charge in [0.05, 0.1) is 23.9 Å². The number of carbonyl (C=O) groups excluding carboxylic acids is 1. The molecule has 0 spiro atoms. The Kier molecular flexibility index (Phi) is 5.39. The number of rotatable bonds is 6. The van der Waals surface area contributed by atoms with Gasteiger partial charge in [0.1, 0.15) is 0 Å². The molecule has 1 atom stereocenters. The molecule has 7 heteroatoms. The molecule has 0 saturated carbocycles. The van der Waals surface area contributed by atoms with Gasteiger partial charge in [-0.25, -0.2) is 0 Å². The highest BCUT2D eigenvalue weighted by Crippen LogP contribution is 2.16. The lowest BCUT2D eigenvalue weighted by Crippen LogP contribution is -2.29. The molecule has 0 bridgehead atoms. The smallest absolute Gasteiger partial charge is 0.255 e. The number of hydrogen-bond donors (Lipinski definition) is 2. The quantitative estimate of drug-likeness (QED) is 0.800. The van der Waals surface area contributed by atoms with Crippen LogP contribution in [0.15, 0.2) is 16.8 Å². The van der Waals surface area contributed by atoms with Crippen LogP contribution in [-0.2, 0) is 6.54 Å². The van der Waals surface area contributed by atoms with Crippen LogP contribution in [0, 0.1) is 13.8 Å². The van der Waals surface area contributed by atoms with Crippen molar-refractivity contribution in [1.29, 1.82) is 0 Å². The normalized spacial score (nSPS) is 12.4. The minimum absolute atomic E-state index is 0.176. The highest BCUT2D eigenvalue weighted by atomic mass is 35.5. The fourth-order valence-electron chi connectivity index (χ4n) is 2.18. The molecule has 0 aliphatic rings. The first-order valence-corrected chi connectivity index (χ1v) is 8.10. The first-order valence-electron chi connectivity index (χ1n) is 6.63. The van der Waals surface area contributed by atoms with Gasteiger partial charge < -0.3 is 10.4 Å². The summed E-state index contributed by atoms with van der Waals surface area (Å²) in [5.74, 6) is 0.222. The number of halogens is 1. The van der Waals surface area contributed by atoms with Crippen LogP contribution in [0.25, 0.3) is 0 Å². The number of aliphatic hydroxyl groups is 1. The molecule has 5 nitrogen and oxygen atoms in total. The van der Waals surface area contributed by atoms with Crippen molar-refractivity contribution in [3.05, 3.63) is 39.3 Å². The highest BCUT2D eigenvalue weighted by molar-refractivity contribution is 7.07. The van der Waals surface area contributed by atoms with E-state index in [1.165, 1.54) is 11.3 Å². The third-order valence-corrected chi connectivity index (χ3v) is 4.16. The average molecular weight is 328 g/mol. The second-order valence-corrected chi connectivity index (χ2v) is 5.90. The van der Waals surface area contributed by atoms with Gasteiger partial charge in [-0.1, -0.05) is 0 Å². The molecule has 2 heterocycles. The minimum Gasteiger partial charge on any atom is -0.387 e. The van der Waals surface area contributed by atoms with Crippen molar-refractivity contribution in [3.63, 3.8) is 0 Å². The Bertz CT molecular complexity index is 610. The summed E-state index contributed by atoms with van der Waals surface area (Å²) >= 11 is 7.23. The maximum atomic E-state index is 12.3. The van der Waals surface area contributed by atoms with Crippen LogP contribution in [0.3, 0.4) is 0 Å². The monoisotopic (exact) mass is 327 g/mol. The van der Waals surface area contributed by atoms with Crippen molar-refractivity contribution in [2.24, 2.45) is 0 Å². The summed E-state index contributed by atoms with van der Waals surface area (Å²) in [5, 5.41) is 20.8. The van der Waals surface area contributed by atoms with Crippen LogP contribution in [0.5, 0.6) is 0 Å². The van der Waals surface area contributed by atoms with E-state index in [2.05, 4.69) is 10.4 Å². The Labute approximate surface area is 132 Å². The molecule has 21 heavy (non-hydrogen) atoms. The van der Waals surface area contributed by atoms with Gasteiger partial charge in [0.15, 0.2) is 0 Å². The predicted octanol–water partition coefficient (Wildman–Crippen LogP) is 2.26. The van der Waals surface area contributed by atoms with Gasteiger partial charge in [0.2, 0.25) is 0 Å². The summed E-state index contributed by atoms with van der Waals surface area (Å²) in [5.41, 5.74) is 2.82. The second kappa shape index (κ2) is 7.06. The molecule has 114 valence electrons. The Balaban J connectivity index is 2.03. The van der Waals surface area contributed by atoms with Gasteiger partial charge in [-0.05, 0) is 36.2 Å². The zero-order valence-corrected chi connectivity index (χ0v) is 13.5. The van der Waals surface area contributed by atoms with Crippen LogP contribution in [0.1, 0.15) is 33.4 Å². The molecule has 2 aromatic heterocycles. The molecule has 2 aromatic rings. The maximum Gasteiger partial charge on any atom is 0.255 e. The molecular weight excluding hydrogens is 310 g/mol. The van der Waals surface area contributed by atoms with Gasteiger partial charge in [0, 0.05) is 18.1 Å². The summed E-state index contributed by atoms with van der Waals surface area (Å²) in [7, 11) is 0. The van der Waals surface area contributed by atoms with Crippen molar-refractivity contribution in [2.45, 2.75) is 26.5 Å². The van der Waals surface area contributed by atoms with Crippen molar-refractivity contribution < 1.29 is 9.90 Å². The number of nitrogens with zero attached hydrogens (tertiary/aromatic N) is 2. The van der Waals surface area contributed by atoms with E-state index in [0.29, 0.717) is 23.7 Å². The van der Waals surface area contributed by atoms with E-state index < -0.39 is 6.10 Å². The van der Waals surface area contributed by atoms with Gasteiger partial charge in [-0.3, -0.25) is 9.48 Å². The molecule has 0 aliphatic carbocycles. The third-order valence-electron chi connectivity index (χ3n) is 3.29. The molecule has 0 saturated heterocycles. The van der Waals surface area contributed by atoms with Gasteiger partial charge in [-0.2, -0.15) is 16.4 Å². The number of nitrogens with one attached hydrogen (secondary N) is 1. The number of alkyl halides is 1. The van der Waals surface area contributed by atoms with Crippen LogP contribution in [0.4, 0.5) is 0 Å². The van der Waals surface area contributed by atoms with Gasteiger partial charge in [0.25, 0.3) is 5.91 Å². The first-order chi connectivity index (χ1) is 10.0. The average Bonchev–Trinajstić information content (AvgIpc) is 3.06. The number of aliphatic hydroxyl groups excluding tert-OH is 1. The number of thiophene rings is 1. The molecular formula is C14H18ClN3O2S. The van der Waals surface area contributed by atoms with Crippen molar-refractivity contribution in [2.75, 3.05) is 12.4 Å². The number of aromatic nitrogens is 2. The summed E-state index contributed by atoms with van der Waals surface area (Å²) < 4.78 is 1.73. The molecule has 1 unspecified atom stereocenters. The summed E-state index contributed by atoms with van der Waals surface area (Å²) in [6.45, 7) is 4.38. The van der Waals surface area contributed by atoms with Crippen molar-refractivity contribution in [1.82, 2.24) is 15.1 Å². The SMILES string of the molecule is Cc1nn(CCCl)c(C)c1C(=O)NCC(O)c1ccsc1. The van der Waals surface area contributed by atoms with Crippen LogP contribution < -0.4 is 5.32 Å². The number of amides is 1. The predicted molar refractivity (Wildman–Crippen MR) is 84.0 cm³/mol. The second-order valence-electron chi connectivity index (χ2n) is 4.74. The zero-order chi connectivity index (χ0) is 15.4. The molecule has 0 aromatic carbocycles. The molecule has 2 rings (SSSR count). The van der Waals surface area contributed by atoms with Crippen LogP contribution in [0.2, 0.25) is 0 Å². The Morgan fingerprint density at radius 2 is 2.33 bits per heavy atom. The Hall–Kier alpha value is -1.37. The van der Waals surface area contributed by atoms with Crippen LogP contribution in [-0.4, -0.2) is 33.2 Å². The highest BCUT2D eigenvalue weighted by Gasteiger charge is 2.19. The van der Waals surface area contributed by atoms with Gasteiger partial charge >= 0.3 is 0 Å². The van der Waals surface area contributed by atoms with E-state index in [-0.39, 0.29) is 12.5 Å². The van der Waals surface area contributed by atoms with E-state index in [0.717, 1.165) is 11.3 Å². The lowest BCUT2D eigenvalue weighted by atomic mass is 10.1. The van der Waals surface area contributed by atoms with Crippen LogP contribution >= 0.6 is 22.9 Å². The lowest BCUT2D eigenvalue weighted by molar-refractivity contribution is 0.0915. The van der Waals surface area contributed by atoms with E-state index >= 15 is 0 Å². The largest absolute Gasteiger partial charge is 0.387 e. The third kappa shape index (κ3) is 3.64. The van der Waals surface area contributed by atoms with E-state index in [1.807, 2.05) is 23.8 Å². The molecule has 1 amide bonds. The zero-order valence-electron chi connectivity index (χ0n) is 12.0. The number of carbonyl (C=O) groups is 1. The molecule has 0 fully saturated rings. The number of hydrogen-bond acceptors (Lipinski definition) is 4. The standard InChI is InChI=1S/C14H18ClN3O2S/c1-9-13(10(2)18(17-9)5-4-15)14(20)16-7-12(19)11-3-6-21-8-11/h3,6,8,12,19H,4-5,7H2,1-2H3,(H,16,20). The minimum atomic E-state index is -0.696. The topological polar surface area (TPSA) is 67.2 Å². The van der Waals surface area contributed by atoms with Gasteiger partial charge in [-0.15, -0.1) is 11.6 Å². The maximum absolute atomic E-state index is 12.3. The van der Waals surface area contributed by atoms with Crippen molar-refractivity contribution >= 4 is 28.8 Å². The fraction of sp³-hybridized carbons (Fsp3) is 0.429. The molecule has 0 radical (unpaired) electrons. The molecule has 0 aliphatic heterocycles. The summed E-state index contributed by atoms with van der Waals surface area (Å²) in [6, 6.07) is 1.84. The van der Waals surface area contributed by atoms with Crippen molar-refractivity contribution in [3.8, 4) is 0 Å². The number of aryl methyl sites for hydroxylation is 2. The fourth-order valence-corrected chi connectivity index (χ4v) is 3.05. The Morgan fingerprint density at radius 1 is 1.57 bits per heavy atom. The summed E-state index contributed by atoms with van der Waals surface area (Å²) in [4.78, 5) is 12.3. The van der Waals surface area contributed by atoms with E-state index in [1.54, 1.807) is 11.6 Å². The Morgan fingerprint density at radius 3 is 2.95 bits per heavy atom. The van der Waals surface area contributed by atoms with E-state index in [4.69, 9.17) is 11.6 Å². The molecule has 2 N–H and O–H groups in total. The summed E-state index contributed by atoms with van der Waals surface area (Å²) in [6.07, 6.45) is -0.696. The first kappa shape index (κ1) is 16.0. The lowest BCUT2D eigenvalue weighted by Gasteiger charge is -2.11.